The minimum absolute atomic E-state index is 0.0156. The molecule has 3 aliphatic carbocycles. The van der Waals surface area contributed by atoms with Gasteiger partial charge in [0.1, 0.15) is 5.82 Å². The smallest absolute Gasteiger partial charge is 0.129 e. The predicted molar refractivity (Wildman–Crippen MR) is 117 cm³/mol. The van der Waals surface area contributed by atoms with Gasteiger partial charge in [-0.25, -0.2) is 4.39 Å². The average molecular weight is 390 g/mol. The molecule has 2 heteroatoms. The second-order valence-electron chi connectivity index (χ2n) is 9.88. The Balaban J connectivity index is 1.69. The summed E-state index contributed by atoms with van der Waals surface area (Å²) in [7, 11) is 0. The molecule has 1 atom stereocenters. The van der Waals surface area contributed by atoms with Crippen molar-refractivity contribution >= 4 is 0 Å². The fourth-order valence-electron chi connectivity index (χ4n) is 6.06. The van der Waals surface area contributed by atoms with Crippen LogP contribution in [0.4, 0.5) is 4.39 Å². The highest BCUT2D eigenvalue weighted by atomic mass is 19.1. The molecule has 1 spiro atoms. The van der Waals surface area contributed by atoms with E-state index in [-0.39, 0.29) is 16.6 Å². The van der Waals surface area contributed by atoms with Crippen molar-refractivity contribution in [3.63, 3.8) is 0 Å². The maximum Gasteiger partial charge on any atom is 0.129 e. The van der Waals surface area contributed by atoms with E-state index < -0.39 is 0 Å². The molecule has 0 N–H and O–H groups in total. The van der Waals surface area contributed by atoms with Crippen LogP contribution in [0.2, 0.25) is 0 Å². The Morgan fingerprint density at radius 1 is 1.24 bits per heavy atom. The van der Waals surface area contributed by atoms with Crippen molar-refractivity contribution in [2.45, 2.75) is 71.6 Å². The van der Waals surface area contributed by atoms with Crippen LogP contribution in [0.15, 0.2) is 48.1 Å². The third-order valence-corrected chi connectivity index (χ3v) is 8.30. The van der Waals surface area contributed by atoms with E-state index >= 15 is 4.39 Å². The molecule has 2 fully saturated rings. The van der Waals surface area contributed by atoms with E-state index in [2.05, 4.69) is 32.2 Å². The number of halogens is 1. The Kier molecular flexibility index (Phi) is 5.06. The first-order valence-corrected chi connectivity index (χ1v) is 11.1. The van der Waals surface area contributed by atoms with E-state index in [0.717, 1.165) is 71.9 Å². The van der Waals surface area contributed by atoms with Crippen molar-refractivity contribution in [1.29, 1.82) is 5.26 Å². The molecule has 152 valence electrons. The van der Waals surface area contributed by atoms with Crippen LogP contribution in [0.5, 0.6) is 0 Å². The zero-order chi connectivity index (χ0) is 20.8. The molecular weight excluding hydrogens is 357 g/mol. The molecule has 0 amide bonds. The van der Waals surface area contributed by atoms with Crippen LogP contribution < -0.4 is 0 Å². The maximum absolute atomic E-state index is 15.2. The van der Waals surface area contributed by atoms with Gasteiger partial charge in [0.2, 0.25) is 0 Å². The van der Waals surface area contributed by atoms with Crippen molar-refractivity contribution in [3.05, 3.63) is 70.6 Å². The highest BCUT2D eigenvalue weighted by Crippen LogP contribution is 2.65. The van der Waals surface area contributed by atoms with Crippen LogP contribution >= 0.6 is 0 Å². The molecule has 3 aliphatic rings. The summed E-state index contributed by atoms with van der Waals surface area (Å²) < 4.78 is 15.2. The lowest BCUT2D eigenvalue weighted by Crippen LogP contribution is -2.50. The summed E-state index contributed by atoms with van der Waals surface area (Å²) in [5.41, 5.74) is 5.31. The highest BCUT2D eigenvalue weighted by molar-refractivity contribution is 5.55. The predicted octanol–water partition coefficient (Wildman–Crippen LogP) is 7.16. The van der Waals surface area contributed by atoms with E-state index in [1.165, 1.54) is 19.3 Å². The molecule has 4 rings (SSSR count). The van der Waals surface area contributed by atoms with Gasteiger partial charge in [-0.15, -0.1) is 0 Å². The minimum Gasteiger partial charge on any atom is -0.206 e. The van der Waals surface area contributed by atoms with Crippen molar-refractivity contribution in [2.24, 2.45) is 16.7 Å². The summed E-state index contributed by atoms with van der Waals surface area (Å²) in [6.07, 6.45) is 11.3. The topological polar surface area (TPSA) is 23.8 Å². The maximum atomic E-state index is 15.2. The van der Waals surface area contributed by atoms with Crippen LogP contribution in [0, 0.1) is 40.8 Å². The Morgan fingerprint density at radius 3 is 2.45 bits per heavy atom. The number of rotatable bonds is 5. The molecule has 1 nitrogen and oxygen atoms in total. The second kappa shape index (κ2) is 7.28. The van der Waals surface area contributed by atoms with Gasteiger partial charge < -0.3 is 0 Å². The molecule has 0 heterocycles. The normalized spacial score (nSPS) is 26.1. The van der Waals surface area contributed by atoms with Crippen LogP contribution in [0.1, 0.15) is 68.6 Å². The molecule has 0 aliphatic heterocycles. The Bertz CT molecular complexity index is 936. The molecule has 1 unspecified atom stereocenters. The average Bonchev–Trinajstić information content (AvgIpc) is 2.61. The summed E-state index contributed by atoms with van der Waals surface area (Å²) in [4.78, 5) is 0. The number of hydrogen-bond donors (Lipinski definition) is 0. The highest BCUT2D eigenvalue weighted by Gasteiger charge is 2.57. The molecule has 0 bridgehead atoms. The monoisotopic (exact) mass is 389 g/mol. The van der Waals surface area contributed by atoms with Gasteiger partial charge in [-0.3, -0.25) is 0 Å². The quantitative estimate of drug-likeness (QED) is 0.524. The van der Waals surface area contributed by atoms with Gasteiger partial charge in [0.25, 0.3) is 0 Å². The minimum atomic E-state index is -0.125. The van der Waals surface area contributed by atoms with E-state index in [1.807, 2.05) is 13.0 Å². The van der Waals surface area contributed by atoms with E-state index in [1.54, 1.807) is 6.08 Å². The standard InChI is InChI=1S/C27H32FN/c1-5-23-18(2)15-26(4,27(12-7-13-27)24(23)17-29)16-22-11-10-21(25(28)19(22)3)14-20-8-6-9-20/h5,10-11,20H,1-2,6-9,12-16H2,3-4H3. The van der Waals surface area contributed by atoms with Crippen molar-refractivity contribution in [1.82, 2.24) is 0 Å². The first-order valence-electron chi connectivity index (χ1n) is 11.1. The third-order valence-electron chi connectivity index (χ3n) is 8.30. The van der Waals surface area contributed by atoms with Gasteiger partial charge in [0.05, 0.1) is 6.07 Å². The molecule has 0 radical (unpaired) electrons. The first-order chi connectivity index (χ1) is 13.8. The van der Waals surface area contributed by atoms with Gasteiger partial charge in [0, 0.05) is 11.0 Å². The Labute approximate surface area is 175 Å². The summed E-state index contributed by atoms with van der Waals surface area (Å²) >= 11 is 0. The van der Waals surface area contributed by atoms with Crippen LogP contribution in [-0.2, 0) is 12.8 Å². The zero-order valence-corrected chi connectivity index (χ0v) is 17.9. The van der Waals surface area contributed by atoms with Gasteiger partial charge in [-0.05, 0) is 78.2 Å². The van der Waals surface area contributed by atoms with Gasteiger partial charge in [0.15, 0.2) is 0 Å². The van der Waals surface area contributed by atoms with Crippen molar-refractivity contribution < 1.29 is 4.39 Å². The largest absolute Gasteiger partial charge is 0.206 e. The molecule has 2 saturated carbocycles. The summed E-state index contributed by atoms with van der Waals surface area (Å²) in [6, 6.07) is 6.67. The first kappa shape index (κ1) is 20.1. The second-order valence-corrected chi connectivity index (χ2v) is 9.88. The number of allylic oxidation sites excluding steroid dienone is 4. The van der Waals surface area contributed by atoms with E-state index in [4.69, 9.17) is 0 Å². The Hall–Kier alpha value is -2.14. The number of hydrogen-bond acceptors (Lipinski definition) is 1. The molecule has 29 heavy (non-hydrogen) atoms. The lowest BCUT2D eigenvalue weighted by molar-refractivity contribution is 0.00551. The van der Waals surface area contributed by atoms with Gasteiger partial charge in [-0.2, -0.15) is 5.26 Å². The molecule has 1 aromatic rings. The Morgan fingerprint density at radius 2 is 1.93 bits per heavy atom. The van der Waals surface area contributed by atoms with Crippen LogP contribution in [0.3, 0.4) is 0 Å². The molecule has 0 aromatic heterocycles. The van der Waals surface area contributed by atoms with E-state index in [9.17, 15) is 5.26 Å². The molecule has 1 aromatic carbocycles. The number of nitrogens with zero attached hydrogens (tertiary/aromatic N) is 1. The van der Waals surface area contributed by atoms with Crippen LogP contribution in [-0.4, -0.2) is 0 Å². The summed E-state index contributed by atoms with van der Waals surface area (Å²) in [6.45, 7) is 12.4. The zero-order valence-electron chi connectivity index (χ0n) is 17.9. The van der Waals surface area contributed by atoms with Crippen molar-refractivity contribution in [2.75, 3.05) is 0 Å². The fourth-order valence-corrected chi connectivity index (χ4v) is 6.06. The summed E-state index contributed by atoms with van der Waals surface area (Å²) in [5.74, 6) is 0.644. The fraction of sp³-hybridized carbons (Fsp3) is 0.519. The molecule has 0 saturated heterocycles. The van der Waals surface area contributed by atoms with Crippen molar-refractivity contribution in [3.8, 4) is 6.07 Å². The lowest BCUT2D eigenvalue weighted by atomic mass is 9.44. The number of nitriles is 1. The van der Waals surface area contributed by atoms with E-state index in [0.29, 0.717) is 5.92 Å². The lowest BCUT2D eigenvalue weighted by Gasteiger charge is -2.58. The van der Waals surface area contributed by atoms with Gasteiger partial charge in [-0.1, -0.05) is 64.0 Å². The SMILES string of the molecule is C=CC1=C(C#N)C2(CCC2)C(C)(Cc2ccc(CC3CCC3)c(F)c2C)CC1=C. The number of benzene rings is 1. The van der Waals surface area contributed by atoms with Gasteiger partial charge >= 0.3 is 0 Å². The summed E-state index contributed by atoms with van der Waals surface area (Å²) in [5, 5.41) is 10.0. The third kappa shape index (κ3) is 3.02. The van der Waals surface area contributed by atoms with Crippen LogP contribution in [0.25, 0.3) is 0 Å². The molecular formula is C27H32FN.